The summed E-state index contributed by atoms with van der Waals surface area (Å²) in [7, 11) is 1.74. The monoisotopic (exact) mass is 308 g/mol. The third-order valence-electron chi connectivity index (χ3n) is 3.69. The molecule has 0 radical (unpaired) electrons. The number of hydrogen-bond acceptors (Lipinski definition) is 4. The molecule has 2 unspecified atom stereocenters. The summed E-state index contributed by atoms with van der Waals surface area (Å²) in [6, 6.07) is 0.374. The van der Waals surface area contributed by atoms with Crippen molar-refractivity contribution in [2.24, 2.45) is 5.92 Å². The fourth-order valence-corrected chi connectivity index (χ4v) is 3.70. The number of halogens is 1. The van der Waals surface area contributed by atoms with E-state index in [9.17, 15) is 4.79 Å². The van der Waals surface area contributed by atoms with E-state index in [0.29, 0.717) is 24.3 Å². The van der Waals surface area contributed by atoms with E-state index < -0.39 is 0 Å². The smallest absolute Gasteiger partial charge is 0.224 e. The van der Waals surface area contributed by atoms with E-state index in [2.05, 4.69) is 5.32 Å². The number of thioether (sulfide) groups is 1. The highest BCUT2D eigenvalue weighted by Crippen LogP contribution is 2.19. The van der Waals surface area contributed by atoms with Crippen LogP contribution in [0.25, 0.3) is 0 Å². The highest BCUT2D eigenvalue weighted by molar-refractivity contribution is 7.99. The Labute approximate surface area is 126 Å². The molecule has 6 heteroatoms. The summed E-state index contributed by atoms with van der Waals surface area (Å²) >= 11 is 1.95. The standard InChI is InChI=1S/C13H24N2O2S.ClH/c1-17-9-11-3-2-5-15(8-11)13(16)7-12-10-18-6-4-14-12;/h11-12,14H,2-10H2,1H3;1H. The average Bonchev–Trinajstić information content (AvgIpc) is 2.40. The number of nitrogens with zero attached hydrogens (tertiary/aromatic N) is 1. The SMILES string of the molecule is COCC1CCCN(C(=O)CC2CSCCN2)C1.Cl. The number of likely N-dealkylation sites (tertiary alicyclic amines) is 1. The van der Waals surface area contributed by atoms with Gasteiger partial charge in [-0.15, -0.1) is 12.4 Å². The molecule has 2 aliphatic heterocycles. The van der Waals surface area contributed by atoms with Gasteiger partial charge in [0.2, 0.25) is 5.91 Å². The summed E-state index contributed by atoms with van der Waals surface area (Å²) in [4.78, 5) is 14.3. The lowest BCUT2D eigenvalue weighted by molar-refractivity contribution is -0.133. The number of methoxy groups -OCH3 is 1. The molecule has 4 nitrogen and oxygen atoms in total. The Morgan fingerprint density at radius 3 is 3.05 bits per heavy atom. The quantitative estimate of drug-likeness (QED) is 0.852. The van der Waals surface area contributed by atoms with Crippen LogP contribution in [0.1, 0.15) is 19.3 Å². The molecule has 1 amide bonds. The Morgan fingerprint density at radius 2 is 2.37 bits per heavy atom. The van der Waals surface area contributed by atoms with Gasteiger partial charge in [-0.05, 0) is 18.8 Å². The molecule has 0 aromatic heterocycles. The van der Waals surface area contributed by atoms with Gasteiger partial charge in [0.1, 0.15) is 0 Å². The van der Waals surface area contributed by atoms with Gasteiger partial charge in [-0.3, -0.25) is 4.79 Å². The molecule has 0 saturated carbocycles. The van der Waals surface area contributed by atoms with E-state index in [1.165, 1.54) is 12.2 Å². The summed E-state index contributed by atoms with van der Waals surface area (Å²) in [6.07, 6.45) is 2.97. The Kier molecular flexibility index (Phi) is 8.14. The van der Waals surface area contributed by atoms with Gasteiger partial charge in [0.15, 0.2) is 0 Å². The van der Waals surface area contributed by atoms with E-state index >= 15 is 0 Å². The number of carbonyl (C=O) groups excluding carboxylic acids is 1. The first-order valence-electron chi connectivity index (χ1n) is 6.87. The van der Waals surface area contributed by atoms with Crippen LogP contribution in [0.4, 0.5) is 0 Å². The molecule has 0 bridgehead atoms. The Balaban J connectivity index is 0.00000180. The molecule has 19 heavy (non-hydrogen) atoms. The second kappa shape index (κ2) is 9.06. The molecule has 2 fully saturated rings. The fraction of sp³-hybridized carbons (Fsp3) is 0.923. The van der Waals surface area contributed by atoms with Crippen molar-refractivity contribution in [2.75, 3.05) is 44.9 Å². The van der Waals surface area contributed by atoms with Gasteiger partial charge >= 0.3 is 0 Å². The van der Waals surface area contributed by atoms with Crippen molar-refractivity contribution in [3.8, 4) is 0 Å². The van der Waals surface area contributed by atoms with E-state index in [1.54, 1.807) is 7.11 Å². The molecule has 2 atom stereocenters. The highest BCUT2D eigenvalue weighted by Gasteiger charge is 2.25. The molecular formula is C13H25ClN2O2S. The molecule has 2 rings (SSSR count). The van der Waals surface area contributed by atoms with Crippen LogP contribution < -0.4 is 5.32 Å². The minimum atomic E-state index is 0. The normalized spacial score (nSPS) is 27.7. The van der Waals surface area contributed by atoms with Crippen LogP contribution in [-0.4, -0.2) is 61.7 Å². The van der Waals surface area contributed by atoms with Gasteiger partial charge in [-0.2, -0.15) is 11.8 Å². The second-order valence-electron chi connectivity index (χ2n) is 5.23. The summed E-state index contributed by atoms with van der Waals surface area (Å²) in [5.74, 6) is 3.09. The number of rotatable bonds is 4. The molecule has 112 valence electrons. The number of hydrogen-bond donors (Lipinski definition) is 1. The molecule has 0 spiro atoms. The first-order chi connectivity index (χ1) is 8.79. The maximum atomic E-state index is 12.3. The van der Waals surface area contributed by atoms with Crippen LogP contribution in [0.2, 0.25) is 0 Å². The first kappa shape index (κ1) is 17.1. The Bertz CT molecular complexity index is 273. The lowest BCUT2D eigenvalue weighted by atomic mass is 9.98. The molecule has 0 aromatic carbocycles. The van der Waals surface area contributed by atoms with Gasteiger partial charge in [0, 0.05) is 50.7 Å². The van der Waals surface area contributed by atoms with Crippen molar-refractivity contribution >= 4 is 30.1 Å². The number of nitrogens with one attached hydrogen (secondary N) is 1. The van der Waals surface area contributed by atoms with Crippen molar-refractivity contribution in [2.45, 2.75) is 25.3 Å². The first-order valence-corrected chi connectivity index (χ1v) is 8.03. The predicted octanol–water partition coefficient (Wildman–Crippen LogP) is 1.39. The van der Waals surface area contributed by atoms with Crippen LogP contribution in [0.15, 0.2) is 0 Å². The van der Waals surface area contributed by atoms with Gasteiger partial charge in [-0.1, -0.05) is 0 Å². The zero-order chi connectivity index (χ0) is 12.8. The molecule has 0 aromatic rings. The largest absolute Gasteiger partial charge is 0.384 e. The predicted molar refractivity (Wildman–Crippen MR) is 82.2 cm³/mol. The number of piperidine rings is 1. The van der Waals surface area contributed by atoms with Crippen LogP contribution in [0.5, 0.6) is 0 Å². The van der Waals surface area contributed by atoms with E-state index in [0.717, 1.165) is 38.4 Å². The molecule has 2 aliphatic rings. The summed E-state index contributed by atoms with van der Waals surface area (Å²) in [6.45, 7) is 3.63. The maximum Gasteiger partial charge on any atom is 0.224 e. The third-order valence-corrected chi connectivity index (χ3v) is 4.82. The minimum Gasteiger partial charge on any atom is -0.384 e. The lowest BCUT2D eigenvalue weighted by Crippen LogP contribution is -2.46. The van der Waals surface area contributed by atoms with Crippen LogP contribution in [0.3, 0.4) is 0 Å². The molecule has 1 N–H and O–H groups in total. The fourth-order valence-electron chi connectivity index (χ4n) is 2.75. The van der Waals surface area contributed by atoms with E-state index in [1.807, 2.05) is 16.7 Å². The van der Waals surface area contributed by atoms with Crippen LogP contribution in [0, 0.1) is 5.92 Å². The van der Waals surface area contributed by atoms with Crippen molar-refractivity contribution in [3.63, 3.8) is 0 Å². The van der Waals surface area contributed by atoms with Gasteiger partial charge in [0.25, 0.3) is 0 Å². The zero-order valence-corrected chi connectivity index (χ0v) is 13.2. The van der Waals surface area contributed by atoms with Crippen molar-refractivity contribution in [3.05, 3.63) is 0 Å². The highest BCUT2D eigenvalue weighted by atomic mass is 35.5. The van der Waals surface area contributed by atoms with Crippen LogP contribution >= 0.6 is 24.2 Å². The topological polar surface area (TPSA) is 41.6 Å². The summed E-state index contributed by atoms with van der Waals surface area (Å²) < 4.78 is 5.21. The Hall–Kier alpha value is 0.0300. The van der Waals surface area contributed by atoms with Gasteiger partial charge in [-0.25, -0.2) is 0 Å². The Morgan fingerprint density at radius 1 is 1.53 bits per heavy atom. The lowest BCUT2D eigenvalue weighted by Gasteiger charge is -2.34. The van der Waals surface area contributed by atoms with E-state index in [-0.39, 0.29) is 12.4 Å². The van der Waals surface area contributed by atoms with E-state index in [4.69, 9.17) is 4.74 Å². The number of ether oxygens (including phenoxy) is 1. The molecule has 2 saturated heterocycles. The third kappa shape index (κ3) is 5.50. The van der Waals surface area contributed by atoms with Gasteiger partial charge in [0.05, 0.1) is 6.61 Å². The van der Waals surface area contributed by atoms with Crippen LogP contribution in [-0.2, 0) is 9.53 Å². The average molecular weight is 309 g/mol. The van der Waals surface area contributed by atoms with Crippen molar-refractivity contribution in [1.29, 1.82) is 0 Å². The maximum absolute atomic E-state index is 12.3. The summed E-state index contributed by atoms with van der Waals surface area (Å²) in [5.41, 5.74) is 0. The molecule has 0 aliphatic carbocycles. The molecule has 2 heterocycles. The second-order valence-corrected chi connectivity index (χ2v) is 6.38. The van der Waals surface area contributed by atoms with Gasteiger partial charge < -0.3 is 15.0 Å². The number of amides is 1. The van der Waals surface area contributed by atoms with Crippen molar-refractivity contribution in [1.82, 2.24) is 10.2 Å². The molecular weight excluding hydrogens is 284 g/mol. The zero-order valence-electron chi connectivity index (χ0n) is 11.6. The minimum absolute atomic E-state index is 0. The van der Waals surface area contributed by atoms with Crippen molar-refractivity contribution < 1.29 is 9.53 Å². The number of carbonyl (C=O) groups is 1. The summed E-state index contributed by atoms with van der Waals surface area (Å²) in [5, 5.41) is 3.43.